The quantitative estimate of drug-likeness (QED) is 0.642. The first-order chi connectivity index (χ1) is 8.56. The lowest BCUT2D eigenvalue weighted by molar-refractivity contribution is -0.146. The molecule has 1 aliphatic rings. The van der Waals surface area contributed by atoms with E-state index in [-0.39, 0.29) is 5.92 Å². The summed E-state index contributed by atoms with van der Waals surface area (Å²) in [5.41, 5.74) is 0. The number of likely N-dealkylation sites (tertiary alicyclic amines) is 1. The molecule has 0 aliphatic carbocycles. The Balaban J connectivity index is 2.07. The lowest BCUT2D eigenvalue weighted by atomic mass is 9.85. The van der Waals surface area contributed by atoms with Crippen molar-refractivity contribution in [3.05, 3.63) is 0 Å². The average Bonchev–Trinajstić information content (AvgIpc) is 2.26. The standard InChI is InChI=1S/C15H29NO2/c1-4-5-6-7-8-9-12(2)16-10-14(11-16)13(3)15(17)18/h12-14H,4-11H2,1-3H3,(H,17,18). The maximum atomic E-state index is 10.9. The van der Waals surface area contributed by atoms with E-state index in [9.17, 15) is 4.79 Å². The molecular formula is C15H29NO2. The highest BCUT2D eigenvalue weighted by Gasteiger charge is 2.36. The van der Waals surface area contributed by atoms with Crippen LogP contribution in [0.25, 0.3) is 0 Å². The van der Waals surface area contributed by atoms with Gasteiger partial charge in [-0.3, -0.25) is 9.69 Å². The Bertz CT molecular complexity index is 249. The van der Waals surface area contributed by atoms with E-state index >= 15 is 0 Å². The van der Waals surface area contributed by atoms with Gasteiger partial charge in [0, 0.05) is 19.1 Å². The van der Waals surface area contributed by atoms with Crippen LogP contribution in [0.2, 0.25) is 0 Å². The van der Waals surface area contributed by atoms with Crippen LogP contribution in [0, 0.1) is 11.8 Å². The van der Waals surface area contributed by atoms with Crippen molar-refractivity contribution in [1.82, 2.24) is 4.90 Å². The zero-order valence-electron chi connectivity index (χ0n) is 12.2. The number of carboxylic acid groups (broad SMARTS) is 1. The van der Waals surface area contributed by atoms with E-state index in [0.29, 0.717) is 12.0 Å². The van der Waals surface area contributed by atoms with Crippen LogP contribution in [-0.2, 0) is 4.79 Å². The summed E-state index contributed by atoms with van der Waals surface area (Å²) in [6, 6.07) is 0.629. The number of hydrogen-bond acceptors (Lipinski definition) is 2. The molecule has 3 nitrogen and oxygen atoms in total. The number of nitrogens with zero attached hydrogens (tertiary/aromatic N) is 1. The van der Waals surface area contributed by atoms with Gasteiger partial charge in [0.15, 0.2) is 0 Å². The van der Waals surface area contributed by atoms with Crippen LogP contribution >= 0.6 is 0 Å². The topological polar surface area (TPSA) is 40.5 Å². The molecule has 0 amide bonds. The Hall–Kier alpha value is -0.570. The lowest BCUT2D eigenvalue weighted by Crippen LogP contribution is -2.54. The molecule has 0 radical (unpaired) electrons. The van der Waals surface area contributed by atoms with Crippen LogP contribution in [0.4, 0.5) is 0 Å². The summed E-state index contributed by atoms with van der Waals surface area (Å²) in [6.45, 7) is 8.31. The maximum absolute atomic E-state index is 10.9. The second-order valence-corrected chi connectivity index (χ2v) is 5.89. The number of carboxylic acids is 1. The third kappa shape index (κ3) is 4.60. The van der Waals surface area contributed by atoms with Crippen LogP contribution in [0.15, 0.2) is 0 Å². The fraction of sp³-hybridized carbons (Fsp3) is 0.933. The molecular weight excluding hydrogens is 226 g/mol. The van der Waals surface area contributed by atoms with Crippen LogP contribution in [0.5, 0.6) is 0 Å². The van der Waals surface area contributed by atoms with Crippen molar-refractivity contribution in [3.8, 4) is 0 Å². The van der Waals surface area contributed by atoms with Gasteiger partial charge in [0.2, 0.25) is 0 Å². The highest BCUT2D eigenvalue weighted by Crippen LogP contribution is 2.27. The van der Waals surface area contributed by atoms with Gasteiger partial charge in [-0.25, -0.2) is 0 Å². The highest BCUT2D eigenvalue weighted by atomic mass is 16.4. The average molecular weight is 255 g/mol. The summed E-state index contributed by atoms with van der Waals surface area (Å²) < 4.78 is 0. The van der Waals surface area contributed by atoms with Crippen molar-refractivity contribution in [1.29, 1.82) is 0 Å². The first kappa shape index (κ1) is 15.5. The van der Waals surface area contributed by atoms with E-state index < -0.39 is 5.97 Å². The summed E-state index contributed by atoms with van der Waals surface area (Å²) in [5.74, 6) is -0.463. The van der Waals surface area contributed by atoms with Crippen LogP contribution in [0.3, 0.4) is 0 Å². The first-order valence-corrected chi connectivity index (χ1v) is 7.53. The van der Waals surface area contributed by atoms with E-state index in [0.717, 1.165) is 13.1 Å². The van der Waals surface area contributed by atoms with Gasteiger partial charge in [0.05, 0.1) is 5.92 Å². The smallest absolute Gasteiger partial charge is 0.306 e. The second kappa shape index (κ2) is 7.78. The molecule has 1 rings (SSSR count). The van der Waals surface area contributed by atoms with Gasteiger partial charge in [0.1, 0.15) is 0 Å². The van der Waals surface area contributed by atoms with Crippen molar-refractivity contribution in [2.45, 2.75) is 65.3 Å². The number of carbonyl (C=O) groups is 1. The molecule has 1 saturated heterocycles. The number of rotatable bonds is 9. The normalized spacial score (nSPS) is 20.4. The molecule has 1 fully saturated rings. The Kier molecular flexibility index (Phi) is 6.69. The van der Waals surface area contributed by atoms with E-state index in [4.69, 9.17) is 5.11 Å². The lowest BCUT2D eigenvalue weighted by Gasteiger charge is -2.45. The minimum atomic E-state index is -0.646. The Morgan fingerprint density at radius 3 is 2.39 bits per heavy atom. The van der Waals surface area contributed by atoms with Crippen molar-refractivity contribution < 1.29 is 9.90 Å². The summed E-state index contributed by atoms with van der Waals surface area (Å²) in [5, 5.41) is 8.95. The SMILES string of the molecule is CCCCCCCC(C)N1CC(C(C)C(=O)O)C1. The third-order valence-electron chi connectivity index (χ3n) is 4.38. The van der Waals surface area contributed by atoms with Gasteiger partial charge >= 0.3 is 5.97 Å². The first-order valence-electron chi connectivity index (χ1n) is 7.53. The molecule has 3 heteroatoms. The number of unbranched alkanes of at least 4 members (excludes halogenated alkanes) is 4. The highest BCUT2D eigenvalue weighted by molar-refractivity contribution is 5.70. The summed E-state index contributed by atoms with van der Waals surface area (Å²) in [4.78, 5) is 13.3. The van der Waals surface area contributed by atoms with Gasteiger partial charge in [-0.1, -0.05) is 46.0 Å². The molecule has 1 aliphatic heterocycles. The monoisotopic (exact) mass is 255 g/mol. The summed E-state index contributed by atoms with van der Waals surface area (Å²) in [7, 11) is 0. The predicted molar refractivity (Wildman–Crippen MR) is 74.7 cm³/mol. The van der Waals surface area contributed by atoms with Gasteiger partial charge in [-0.05, 0) is 19.3 Å². The fourth-order valence-corrected chi connectivity index (χ4v) is 2.65. The molecule has 1 N–H and O–H groups in total. The number of hydrogen-bond donors (Lipinski definition) is 1. The van der Waals surface area contributed by atoms with Crippen LogP contribution < -0.4 is 0 Å². The molecule has 0 saturated carbocycles. The molecule has 106 valence electrons. The molecule has 2 atom stereocenters. The Labute approximate surface area is 112 Å². The molecule has 0 aromatic carbocycles. The molecule has 0 bridgehead atoms. The minimum absolute atomic E-state index is 0.182. The molecule has 18 heavy (non-hydrogen) atoms. The zero-order chi connectivity index (χ0) is 13.5. The number of aliphatic carboxylic acids is 1. The van der Waals surface area contributed by atoms with Gasteiger partial charge in [-0.2, -0.15) is 0 Å². The van der Waals surface area contributed by atoms with Crippen molar-refractivity contribution in [2.75, 3.05) is 13.1 Å². The van der Waals surface area contributed by atoms with Crippen molar-refractivity contribution in [3.63, 3.8) is 0 Å². The van der Waals surface area contributed by atoms with Gasteiger partial charge in [0.25, 0.3) is 0 Å². The third-order valence-corrected chi connectivity index (χ3v) is 4.38. The van der Waals surface area contributed by atoms with E-state index in [1.807, 2.05) is 6.92 Å². The predicted octanol–water partition coefficient (Wildman–Crippen LogP) is 3.39. The van der Waals surface area contributed by atoms with E-state index in [2.05, 4.69) is 18.7 Å². The molecule has 0 spiro atoms. The van der Waals surface area contributed by atoms with E-state index in [1.165, 1.54) is 38.5 Å². The molecule has 1 heterocycles. The maximum Gasteiger partial charge on any atom is 0.306 e. The van der Waals surface area contributed by atoms with Gasteiger partial charge in [-0.15, -0.1) is 0 Å². The fourth-order valence-electron chi connectivity index (χ4n) is 2.65. The summed E-state index contributed by atoms with van der Waals surface area (Å²) >= 11 is 0. The zero-order valence-corrected chi connectivity index (χ0v) is 12.2. The molecule has 2 unspecified atom stereocenters. The molecule has 0 aromatic rings. The largest absolute Gasteiger partial charge is 0.481 e. The van der Waals surface area contributed by atoms with Crippen molar-refractivity contribution >= 4 is 5.97 Å². The summed E-state index contributed by atoms with van der Waals surface area (Å²) in [6.07, 6.45) is 7.95. The second-order valence-electron chi connectivity index (χ2n) is 5.89. The minimum Gasteiger partial charge on any atom is -0.481 e. The van der Waals surface area contributed by atoms with E-state index in [1.54, 1.807) is 0 Å². The van der Waals surface area contributed by atoms with Crippen molar-refractivity contribution in [2.24, 2.45) is 11.8 Å². The molecule has 0 aromatic heterocycles. The Morgan fingerprint density at radius 2 is 1.83 bits per heavy atom. The van der Waals surface area contributed by atoms with Crippen LogP contribution in [0.1, 0.15) is 59.3 Å². The van der Waals surface area contributed by atoms with Gasteiger partial charge < -0.3 is 5.11 Å². The van der Waals surface area contributed by atoms with Crippen LogP contribution in [-0.4, -0.2) is 35.1 Å². The Morgan fingerprint density at radius 1 is 1.22 bits per heavy atom.